The molecule has 0 saturated heterocycles. The van der Waals surface area contributed by atoms with Crippen molar-refractivity contribution in [3.63, 3.8) is 0 Å². The monoisotopic (exact) mass is 389 g/mol. The van der Waals surface area contributed by atoms with Gasteiger partial charge in [0, 0.05) is 22.7 Å². The van der Waals surface area contributed by atoms with Crippen LogP contribution >= 0.6 is 18.1 Å². The zero-order valence-corrected chi connectivity index (χ0v) is 16.1. The largest absolute Gasteiger partial charge is 0.422 e. The fourth-order valence-electron chi connectivity index (χ4n) is 2.66. The van der Waals surface area contributed by atoms with E-state index in [0.29, 0.717) is 19.0 Å². The van der Waals surface area contributed by atoms with E-state index in [1.807, 2.05) is 73.7 Å². The van der Waals surface area contributed by atoms with Gasteiger partial charge in [-0.3, -0.25) is 0 Å². The Morgan fingerprint density at radius 3 is 2.50 bits per heavy atom. The number of hydrogen-bond donors (Lipinski definition) is 1. The minimum atomic E-state index is -3.54. The lowest BCUT2D eigenvalue weighted by atomic mass is 10.1. The van der Waals surface area contributed by atoms with E-state index in [1.165, 1.54) is 0 Å². The zero-order valence-electron chi connectivity index (χ0n) is 14.5. The normalized spacial score (nSPS) is 14.7. The maximum atomic E-state index is 12.6. The lowest BCUT2D eigenvalue weighted by molar-refractivity contribution is 0.107. The van der Waals surface area contributed by atoms with Crippen molar-refractivity contribution in [2.24, 2.45) is 0 Å². The molecule has 1 N–H and O–H groups in total. The number of ether oxygens (including phenoxy) is 1. The van der Waals surface area contributed by atoms with Crippen LogP contribution in [-0.2, 0) is 15.9 Å². The first-order chi connectivity index (χ1) is 12.5. The van der Waals surface area contributed by atoms with Crippen LogP contribution in [-0.4, -0.2) is 12.6 Å². The fourth-order valence-corrected chi connectivity index (χ4v) is 4.45. The minimum Gasteiger partial charge on any atom is -0.422 e. The van der Waals surface area contributed by atoms with E-state index in [2.05, 4.69) is 5.09 Å². The second-order valence-corrected chi connectivity index (χ2v) is 8.81. The van der Waals surface area contributed by atoms with Crippen molar-refractivity contribution in [2.75, 3.05) is 6.61 Å². The summed E-state index contributed by atoms with van der Waals surface area (Å²) in [6.07, 6.45) is 0. The van der Waals surface area contributed by atoms with Gasteiger partial charge in [-0.15, -0.1) is 0 Å². The molecule has 0 heterocycles. The molecular formula is C20H21ClNO3P. The Labute approximate surface area is 158 Å². The molecule has 0 spiro atoms. The number of halogens is 1. The summed E-state index contributed by atoms with van der Waals surface area (Å²) in [5.74, 6) is 0.492. The van der Waals surface area contributed by atoms with Gasteiger partial charge in [0.15, 0.2) is 0 Å². The maximum Gasteiger partial charge on any atom is 0.409 e. The van der Waals surface area contributed by atoms with Gasteiger partial charge >= 0.3 is 6.87 Å². The van der Waals surface area contributed by atoms with E-state index in [-0.39, 0.29) is 6.04 Å². The van der Waals surface area contributed by atoms with Crippen molar-refractivity contribution in [1.29, 1.82) is 0 Å². The van der Waals surface area contributed by atoms with Gasteiger partial charge in [-0.1, -0.05) is 66.7 Å². The molecular weight excluding hydrogens is 369 g/mol. The van der Waals surface area contributed by atoms with Crippen molar-refractivity contribution in [3.05, 3.63) is 78.4 Å². The summed E-state index contributed by atoms with van der Waals surface area (Å²) in [5, 5.41) is 4.70. The van der Waals surface area contributed by atoms with Crippen molar-refractivity contribution >= 4 is 28.9 Å². The SMILES string of the molecule is C[C@@H](COCc1ccccc1)NP(=O)(Cl)Oc1cccc2ccccc12. The molecule has 0 aliphatic heterocycles. The van der Waals surface area contributed by atoms with Gasteiger partial charge in [0.05, 0.1) is 13.2 Å². The third-order valence-electron chi connectivity index (χ3n) is 3.82. The van der Waals surface area contributed by atoms with Crippen LogP contribution in [0, 0.1) is 0 Å². The Hall–Kier alpha value is -1.84. The molecule has 3 aromatic carbocycles. The molecule has 0 fully saturated rings. The van der Waals surface area contributed by atoms with Gasteiger partial charge in [-0.05, 0) is 23.9 Å². The molecule has 1 unspecified atom stereocenters. The average Bonchev–Trinajstić information content (AvgIpc) is 2.62. The fraction of sp³-hybridized carbons (Fsp3) is 0.200. The van der Waals surface area contributed by atoms with E-state index in [1.54, 1.807) is 6.07 Å². The number of hydrogen-bond acceptors (Lipinski definition) is 3. The zero-order chi connectivity index (χ0) is 18.4. The first kappa shape index (κ1) is 18.9. The highest BCUT2D eigenvalue weighted by molar-refractivity contribution is 7.84. The average molecular weight is 390 g/mol. The molecule has 0 aromatic heterocycles. The van der Waals surface area contributed by atoms with Crippen LogP contribution < -0.4 is 9.61 Å². The van der Waals surface area contributed by atoms with Crippen LogP contribution in [0.15, 0.2) is 72.8 Å². The van der Waals surface area contributed by atoms with E-state index >= 15 is 0 Å². The third-order valence-corrected chi connectivity index (χ3v) is 5.50. The molecule has 26 heavy (non-hydrogen) atoms. The first-order valence-corrected chi connectivity index (χ1v) is 10.9. The second kappa shape index (κ2) is 8.70. The van der Waals surface area contributed by atoms with Crippen LogP contribution in [0.4, 0.5) is 0 Å². The Bertz CT molecular complexity index is 898. The predicted octanol–water partition coefficient (Wildman–Crippen LogP) is 5.76. The van der Waals surface area contributed by atoms with Gasteiger partial charge in [0.25, 0.3) is 0 Å². The Balaban J connectivity index is 1.56. The van der Waals surface area contributed by atoms with E-state index in [4.69, 9.17) is 20.5 Å². The van der Waals surface area contributed by atoms with E-state index < -0.39 is 6.87 Å². The topological polar surface area (TPSA) is 47.6 Å². The highest BCUT2D eigenvalue weighted by atomic mass is 35.7. The van der Waals surface area contributed by atoms with Gasteiger partial charge in [0.2, 0.25) is 0 Å². The number of benzene rings is 3. The molecule has 3 aromatic rings. The molecule has 136 valence electrons. The van der Waals surface area contributed by atoms with Crippen LogP contribution in [0.2, 0.25) is 0 Å². The van der Waals surface area contributed by atoms with Crippen molar-refractivity contribution < 1.29 is 13.8 Å². The standard InChI is InChI=1S/C20H21ClNO3P/c1-16(14-24-15-17-8-3-2-4-9-17)22-26(21,23)25-20-13-7-11-18-10-5-6-12-19(18)20/h2-13,16H,14-15H2,1H3,(H,22,23)/t16-,26?/m0/s1. The molecule has 0 saturated carbocycles. The Morgan fingerprint density at radius 2 is 1.69 bits per heavy atom. The minimum absolute atomic E-state index is 0.225. The molecule has 0 radical (unpaired) electrons. The summed E-state index contributed by atoms with van der Waals surface area (Å²) in [6.45, 7) is -0.836. The van der Waals surface area contributed by atoms with Crippen molar-refractivity contribution in [1.82, 2.24) is 5.09 Å². The summed E-state index contributed by atoms with van der Waals surface area (Å²) in [4.78, 5) is 0. The van der Waals surface area contributed by atoms with Gasteiger partial charge < -0.3 is 9.26 Å². The third kappa shape index (κ3) is 5.33. The first-order valence-electron chi connectivity index (χ1n) is 8.40. The molecule has 0 amide bonds. The summed E-state index contributed by atoms with van der Waals surface area (Å²) < 4.78 is 23.9. The van der Waals surface area contributed by atoms with Gasteiger partial charge in [-0.25, -0.2) is 9.65 Å². The highest BCUT2D eigenvalue weighted by Crippen LogP contribution is 2.49. The molecule has 0 bridgehead atoms. The lowest BCUT2D eigenvalue weighted by Crippen LogP contribution is -2.28. The number of fused-ring (bicyclic) bond motifs is 1. The van der Waals surface area contributed by atoms with Crippen LogP contribution in [0.3, 0.4) is 0 Å². The van der Waals surface area contributed by atoms with E-state index in [0.717, 1.165) is 16.3 Å². The summed E-state index contributed by atoms with van der Waals surface area (Å²) in [5.41, 5.74) is 1.08. The van der Waals surface area contributed by atoms with Crippen molar-refractivity contribution in [3.8, 4) is 5.75 Å². The Morgan fingerprint density at radius 1 is 1.00 bits per heavy atom. The maximum absolute atomic E-state index is 12.6. The van der Waals surface area contributed by atoms with Crippen molar-refractivity contribution in [2.45, 2.75) is 19.6 Å². The summed E-state index contributed by atoms with van der Waals surface area (Å²) in [6, 6.07) is 22.9. The number of nitrogens with one attached hydrogen (secondary N) is 1. The second-order valence-electron chi connectivity index (χ2n) is 6.08. The molecule has 0 aliphatic rings. The summed E-state index contributed by atoms with van der Waals surface area (Å²) >= 11 is 6.13. The van der Waals surface area contributed by atoms with Crippen LogP contribution in [0.1, 0.15) is 12.5 Å². The quantitative estimate of drug-likeness (QED) is 0.497. The van der Waals surface area contributed by atoms with E-state index in [9.17, 15) is 4.57 Å². The number of rotatable bonds is 8. The van der Waals surface area contributed by atoms with Crippen LogP contribution in [0.5, 0.6) is 5.75 Å². The molecule has 3 rings (SSSR count). The molecule has 0 aliphatic carbocycles. The molecule has 6 heteroatoms. The van der Waals surface area contributed by atoms with Crippen LogP contribution in [0.25, 0.3) is 10.8 Å². The Kier molecular flexibility index (Phi) is 6.33. The lowest BCUT2D eigenvalue weighted by Gasteiger charge is -2.20. The molecule has 2 atom stereocenters. The summed E-state index contributed by atoms with van der Waals surface area (Å²) in [7, 11) is 0. The molecule has 4 nitrogen and oxygen atoms in total. The van der Waals surface area contributed by atoms with Gasteiger partial charge in [0.1, 0.15) is 5.75 Å². The highest BCUT2D eigenvalue weighted by Gasteiger charge is 2.24. The van der Waals surface area contributed by atoms with Gasteiger partial charge in [-0.2, -0.15) is 0 Å². The smallest absolute Gasteiger partial charge is 0.409 e. The predicted molar refractivity (Wildman–Crippen MR) is 107 cm³/mol.